The van der Waals surface area contributed by atoms with Crippen molar-refractivity contribution in [3.8, 4) is 11.5 Å². The Balaban J connectivity index is 1.68. The Bertz CT molecular complexity index is 690. The molecule has 0 saturated heterocycles. The van der Waals surface area contributed by atoms with E-state index in [9.17, 15) is 0 Å². The number of rotatable bonds is 5. The minimum Gasteiger partial charge on any atom is -0.423 e. The van der Waals surface area contributed by atoms with Gasteiger partial charge in [0.15, 0.2) is 0 Å². The van der Waals surface area contributed by atoms with Gasteiger partial charge in [-0.1, -0.05) is 37.3 Å². The van der Waals surface area contributed by atoms with Crippen molar-refractivity contribution in [1.82, 2.24) is 10.2 Å². The van der Waals surface area contributed by atoms with Gasteiger partial charge in [0, 0.05) is 17.8 Å². The number of benzene rings is 2. The van der Waals surface area contributed by atoms with Gasteiger partial charge in [0.1, 0.15) is 0 Å². The second kappa shape index (κ2) is 6.22. The summed E-state index contributed by atoms with van der Waals surface area (Å²) in [6, 6.07) is 16.6. The van der Waals surface area contributed by atoms with Crippen LogP contribution in [-0.2, 0) is 13.0 Å². The first-order valence-corrected chi connectivity index (χ1v) is 7.03. The summed E-state index contributed by atoms with van der Waals surface area (Å²) in [6.45, 7) is 2.95. The molecule has 0 radical (unpaired) electrons. The molecule has 0 amide bonds. The molecule has 106 valence electrons. The van der Waals surface area contributed by atoms with Crippen LogP contribution in [0, 0.1) is 0 Å². The highest BCUT2D eigenvalue weighted by molar-refractivity contribution is 5.60. The molecule has 0 saturated carbocycles. The van der Waals surface area contributed by atoms with Crippen LogP contribution >= 0.6 is 0 Å². The highest BCUT2D eigenvalue weighted by Crippen LogP contribution is 2.20. The van der Waals surface area contributed by atoms with Gasteiger partial charge in [-0.2, -0.15) is 0 Å². The van der Waals surface area contributed by atoms with Crippen LogP contribution in [0.5, 0.6) is 0 Å². The van der Waals surface area contributed by atoms with Crippen molar-refractivity contribution in [2.75, 3.05) is 5.32 Å². The van der Waals surface area contributed by atoms with Crippen LogP contribution in [0.1, 0.15) is 18.1 Å². The number of nitrogens with one attached hydrogen (secondary N) is 1. The molecule has 3 aromatic rings. The second-order valence-electron chi connectivity index (χ2n) is 4.85. The average molecular weight is 279 g/mol. The third-order valence-electron chi connectivity index (χ3n) is 3.40. The molecule has 21 heavy (non-hydrogen) atoms. The van der Waals surface area contributed by atoms with Crippen molar-refractivity contribution < 1.29 is 4.42 Å². The molecule has 1 N–H and O–H groups in total. The van der Waals surface area contributed by atoms with Crippen molar-refractivity contribution in [2.24, 2.45) is 0 Å². The largest absolute Gasteiger partial charge is 0.423 e. The topological polar surface area (TPSA) is 51.0 Å². The minimum absolute atomic E-state index is 0.533. The Labute approximate surface area is 123 Å². The van der Waals surface area contributed by atoms with E-state index in [2.05, 4.69) is 46.7 Å². The summed E-state index contributed by atoms with van der Waals surface area (Å²) in [7, 11) is 0. The van der Waals surface area contributed by atoms with Gasteiger partial charge in [0.25, 0.3) is 0 Å². The van der Waals surface area contributed by atoms with Crippen LogP contribution in [0.25, 0.3) is 11.5 Å². The highest BCUT2D eigenvalue weighted by atomic mass is 16.4. The number of nitrogens with zero attached hydrogens (tertiary/aromatic N) is 2. The van der Waals surface area contributed by atoms with Crippen molar-refractivity contribution in [3.05, 3.63) is 66.1 Å². The molecule has 0 fully saturated rings. The smallest absolute Gasteiger partial charge is 0.247 e. The molecule has 0 unspecified atom stereocenters. The lowest BCUT2D eigenvalue weighted by Gasteiger charge is -2.08. The lowest BCUT2D eigenvalue weighted by Crippen LogP contribution is -1.99. The quantitative estimate of drug-likeness (QED) is 0.769. The number of aromatic nitrogens is 2. The summed E-state index contributed by atoms with van der Waals surface area (Å²) in [6.07, 6.45) is 2.41. The lowest BCUT2D eigenvalue weighted by atomic mass is 10.1. The molecular formula is C17H17N3O. The molecule has 0 aliphatic rings. The maximum Gasteiger partial charge on any atom is 0.247 e. The molecular weight excluding hydrogens is 262 g/mol. The number of hydrogen-bond donors (Lipinski definition) is 1. The average Bonchev–Trinajstić information content (AvgIpc) is 3.08. The van der Waals surface area contributed by atoms with E-state index in [4.69, 9.17) is 4.42 Å². The molecule has 2 aromatic carbocycles. The Morgan fingerprint density at radius 2 is 1.86 bits per heavy atom. The Morgan fingerprint density at radius 3 is 2.57 bits per heavy atom. The summed E-state index contributed by atoms with van der Waals surface area (Å²) in [5.41, 5.74) is 4.57. The molecule has 3 rings (SSSR count). The van der Waals surface area contributed by atoms with Gasteiger partial charge in [-0.25, -0.2) is 0 Å². The second-order valence-corrected chi connectivity index (χ2v) is 4.85. The molecule has 1 aromatic heterocycles. The van der Waals surface area contributed by atoms with Crippen molar-refractivity contribution in [3.63, 3.8) is 0 Å². The van der Waals surface area contributed by atoms with Crippen LogP contribution in [0.4, 0.5) is 5.69 Å². The zero-order valence-electron chi connectivity index (χ0n) is 11.9. The Kier molecular flexibility index (Phi) is 3.96. The molecule has 0 atom stereocenters. The van der Waals surface area contributed by atoms with Crippen molar-refractivity contribution in [2.45, 2.75) is 19.9 Å². The van der Waals surface area contributed by atoms with Crippen LogP contribution < -0.4 is 5.32 Å². The minimum atomic E-state index is 0.533. The first-order chi connectivity index (χ1) is 10.3. The summed E-state index contributed by atoms with van der Waals surface area (Å²) < 4.78 is 5.21. The number of hydrogen-bond acceptors (Lipinski definition) is 4. The predicted molar refractivity (Wildman–Crippen MR) is 82.9 cm³/mol. The van der Waals surface area contributed by atoms with Gasteiger partial charge in [-0.3, -0.25) is 0 Å². The van der Waals surface area contributed by atoms with Crippen molar-refractivity contribution >= 4 is 5.69 Å². The third-order valence-corrected chi connectivity index (χ3v) is 3.40. The van der Waals surface area contributed by atoms with E-state index in [-0.39, 0.29) is 0 Å². The first-order valence-electron chi connectivity index (χ1n) is 7.03. The highest BCUT2D eigenvalue weighted by Gasteiger charge is 2.04. The van der Waals surface area contributed by atoms with E-state index in [0.717, 1.165) is 24.2 Å². The SMILES string of the molecule is CCc1ccc(CNc2cccc(-c3nnco3)c2)cc1. The van der Waals surface area contributed by atoms with Gasteiger partial charge in [-0.05, 0) is 35.7 Å². The summed E-state index contributed by atoms with van der Waals surface area (Å²) >= 11 is 0. The molecule has 0 aliphatic carbocycles. The Morgan fingerprint density at radius 1 is 1.05 bits per heavy atom. The molecule has 4 heteroatoms. The number of aryl methyl sites for hydroxylation is 1. The van der Waals surface area contributed by atoms with E-state index in [1.54, 1.807) is 0 Å². The predicted octanol–water partition coefficient (Wildman–Crippen LogP) is 3.91. The van der Waals surface area contributed by atoms with E-state index >= 15 is 0 Å². The van der Waals surface area contributed by atoms with Crippen LogP contribution in [0.15, 0.2) is 59.3 Å². The molecule has 4 nitrogen and oxygen atoms in total. The third kappa shape index (κ3) is 3.28. The zero-order valence-corrected chi connectivity index (χ0v) is 11.9. The zero-order chi connectivity index (χ0) is 14.5. The maximum atomic E-state index is 5.21. The number of anilines is 1. The van der Waals surface area contributed by atoms with E-state index in [0.29, 0.717) is 5.89 Å². The summed E-state index contributed by atoms with van der Waals surface area (Å²) in [5.74, 6) is 0.533. The van der Waals surface area contributed by atoms with Gasteiger partial charge < -0.3 is 9.73 Å². The van der Waals surface area contributed by atoms with Crippen LogP contribution in [0.2, 0.25) is 0 Å². The molecule has 1 heterocycles. The maximum absolute atomic E-state index is 5.21. The van der Waals surface area contributed by atoms with E-state index < -0.39 is 0 Å². The summed E-state index contributed by atoms with van der Waals surface area (Å²) in [4.78, 5) is 0. The van der Waals surface area contributed by atoms with E-state index in [1.807, 2.05) is 24.3 Å². The fourth-order valence-electron chi connectivity index (χ4n) is 2.16. The van der Waals surface area contributed by atoms with Gasteiger partial charge in [0.05, 0.1) is 0 Å². The van der Waals surface area contributed by atoms with Crippen molar-refractivity contribution in [1.29, 1.82) is 0 Å². The standard InChI is InChI=1S/C17H17N3O/c1-2-13-6-8-14(9-7-13)11-18-16-5-3-4-15(10-16)17-20-19-12-21-17/h3-10,12,18H,2,11H2,1H3. The first kappa shape index (κ1) is 13.4. The lowest BCUT2D eigenvalue weighted by molar-refractivity contribution is 0.568. The molecule has 0 bridgehead atoms. The van der Waals surface area contributed by atoms with Gasteiger partial charge >= 0.3 is 0 Å². The summed E-state index contributed by atoms with van der Waals surface area (Å²) in [5, 5.41) is 11.0. The fourth-order valence-corrected chi connectivity index (χ4v) is 2.16. The van der Waals surface area contributed by atoms with E-state index in [1.165, 1.54) is 17.5 Å². The van der Waals surface area contributed by atoms with Crippen LogP contribution in [0.3, 0.4) is 0 Å². The van der Waals surface area contributed by atoms with Gasteiger partial charge in [-0.15, -0.1) is 10.2 Å². The van der Waals surface area contributed by atoms with Gasteiger partial charge in [0.2, 0.25) is 12.3 Å². The normalized spacial score (nSPS) is 10.5. The molecule has 0 spiro atoms. The Hall–Kier alpha value is -2.62. The van der Waals surface area contributed by atoms with Crippen LogP contribution in [-0.4, -0.2) is 10.2 Å². The fraction of sp³-hybridized carbons (Fsp3) is 0.176. The monoisotopic (exact) mass is 279 g/mol. The molecule has 0 aliphatic heterocycles.